The molecule has 0 saturated carbocycles. The van der Waals surface area contributed by atoms with Crippen molar-refractivity contribution in [1.29, 1.82) is 0 Å². The summed E-state index contributed by atoms with van der Waals surface area (Å²) in [5, 5.41) is 13.6. The maximum atomic E-state index is 10.1. The number of hydrogen-bond acceptors (Lipinski definition) is 3. The van der Waals surface area contributed by atoms with Gasteiger partial charge in [0, 0.05) is 24.5 Å². The molecule has 0 aliphatic carbocycles. The van der Waals surface area contributed by atoms with Crippen LogP contribution in [0.2, 0.25) is 0 Å². The minimum atomic E-state index is -1.01. The van der Waals surface area contributed by atoms with E-state index in [-0.39, 0.29) is 0 Å². The SMILES string of the molecule is Nc1cccc(NCCNC(=O)O)c1. The third-order valence-electron chi connectivity index (χ3n) is 1.62. The summed E-state index contributed by atoms with van der Waals surface area (Å²) in [6.07, 6.45) is -1.01. The molecule has 0 unspecified atom stereocenters. The zero-order valence-corrected chi connectivity index (χ0v) is 7.66. The molecule has 0 radical (unpaired) electrons. The molecule has 0 aromatic heterocycles. The van der Waals surface area contributed by atoms with Crippen molar-refractivity contribution in [3.8, 4) is 0 Å². The minimum Gasteiger partial charge on any atom is -0.465 e. The highest BCUT2D eigenvalue weighted by molar-refractivity contribution is 5.64. The number of carboxylic acid groups (broad SMARTS) is 1. The molecule has 1 aromatic rings. The highest BCUT2D eigenvalue weighted by Crippen LogP contribution is 2.10. The number of benzene rings is 1. The average molecular weight is 195 g/mol. The van der Waals surface area contributed by atoms with Crippen LogP contribution in [0.5, 0.6) is 0 Å². The van der Waals surface area contributed by atoms with Gasteiger partial charge in [-0.25, -0.2) is 4.79 Å². The van der Waals surface area contributed by atoms with E-state index in [2.05, 4.69) is 10.6 Å². The number of carbonyl (C=O) groups is 1. The first kappa shape index (κ1) is 10.2. The molecule has 1 amide bonds. The molecule has 0 heterocycles. The normalized spacial score (nSPS) is 9.43. The summed E-state index contributed by atoms with van der Waals surface area (Å²) < 4.78 is 0. The maximum Gasteiger partial charge on any atom is 0.404 e. The molecule has 0 atom stereocenters. The van der Waals surface area contributed by atoms with E-state index in [0.717, 1.165) is 5.69 Å². The molecule has 5 heteroatoms. The Bertz CT molecular complexity index is 315. The Balaban J connectivity index is 2.28. The average Bonchev–Trinajstić information content (AvgIpc) is 2.12. The third-order valence-corrected chi connectivity index (χ3v) is 1.62. The van der Waals surface area contributed by atoms with Gasteiger partial charge in [0.2, 0.25) is 0 Å². The van der Waals surface area contributed by atoms with Gasteiger partial charge in [-0.3, -0.25) is 0 Å². The van der Waals surface area contributed by atoms with Crippen LogP contribution < -0.4 is 16.4 Å². The highest BCUT2D eigenvalue weighted by atomic mass is 16.4. The van der Waals surface area contributed by atoms with Crippen molar-refractivity contribution in [2.45, 2.75) is 0 Å². The van der Waals surface area contributed by atoms with Crippen molar-refractivity contribution in [2.24, 2.45) is 0 Å². The monoisotopic (exact) mass is 195 g/mol. The Labute approximate surface area is 81.9 Å². The minimum absolute atomic E-state index is 0.365. The molecule has 0 fully saturated rings. The Hall–Kier alpha value is -1.91. The summed E-state index contributed by atoms with van der Waals surface area (Å²) in [4.78, 5) is 10.1. The lowest BCUT2D eigenvalue weighted by Crippen LogP contribution is -2.26. The number of hydrogen-bond donors (Lipinski definition) is 4. The number of nitrogens with two attached hydrogens (primary N) is 1. The van der Waals surface area contributed by atoms with Crippen molar-refractivity contribution in [1.82, 2.24) is 5.32 Å². The maximum absolute atomic E-state index is 10.1. The topological polar surface area (TPSA) is 87.4 Å². The van der Waals surface area contributed by atoms with Crippen LogP contribution in [0.4, 0.5) is 16.2 Å². The van der Waals surface area contributed by atoms with E-state index in [9.17, 15) is 4.79 Å². The van der Waals surface area contributed by atoms with Gasteiger partial charge in [0.25, 0.3) is 0 Å². The van der Waals surface area contributed by atoms with Gasteiger partial charge in [-0.2, -0.15) is 0 Å². The third kappa shape index (κ3) is 3.66. The largest absolute Gasteiger partial charge is 0.465 e. The van der Waals surface area contributed by atoms with E-state index in [1.165, 1.54) is 0 Å². The van der Waals surface area contributed by atoms with Gasteiger partial charge >= 0.3 is 6.09 Å². The molecule has 0 aliphatic rings. The number of rotatable bonds is 4. The Morgan fingerprint density at radius 3 is 2.86 bits per heavy atom. The lowest BCUT2D eigenvalue weighted by molar-refractivity contribution is 0.195. The molecule has 1 rings (SSSR count). The van der Waals surface area contributed by atoms with Gasteiger partial charge in [0.1, 0.15) is 0 Å². The molecule has 5 nitrogen and oxygen atoms in total. The highest BCUT2D eigenvalue weighted by Gasteiger charge is 1.94. The molecule has 0 spiro atoms. The summed E-state index contributed by atoms with van der Waals surface area (Å²) in [5.74, 6) is 0. The van der Waals surface area contributed by atoms with E-state index in [0.29, 0.717) is 18.8 Å². The molecule has 0 bridgehead atoms. The molecular formula is C9H13N3O2. The summed E-state index contributed by atoms with van der Waals surface area (Å²) in [6, 6.07) is 7.29. The zero-order valence-electron chi connectivity index (χ0n) is 7.66. The fraction of sp³-hybridized carbons (Fsp3) is 0.222. The Morgan fingerprint density at radius 2 is 2.21 bits per heavy atom. The van der Waals surface area contributed by atoms with Gasteiger partial charge in [-0.15, -0.1) is 0 Å². The van der Waals surface area contributed by atoms with Gasteiger partial charge in [0.15, 0.2) is 0 Å². The Morgan fingerprint density at radius 1 is 1.43 bits per heavy atom. The molecule has 0 aliphatic heterocycles. The van der Waals surface area contributed by atoms with Crippen molar-refractivity contribution in [3.05, 3.63) is 24.3 Å². The van der Waals surface area contributed by atoms with Gasteiger partial charge < -0.3 is 21.5 Å². The number of nitrogens with one attached hydrogen (secondary N) is 2. The number of anilines is 2. The van der Waals surface area contributed by atoms with Crippen molar-refractivity contribution in [2.75, 3.05) is 24.1 Å². The molecule has 5 N–H and O–H groups in total. The first-order valence-corrected chi connectivity index (χ1v) is 4.24. The summed E-state index contributed by atoms with van der Waals surface area (Å²) in [6.45, 7) is 0.903. The van der Waals surface area contributed by atoms with Crippen molar-refractivity contribution in [3.63, 3.8) is 0 Å². The molecule has 14 heavy (non-hydrogen) atoms. The van der Waals surface area contributed by atoms with Gasteiger partial charge in [0.05, 0.1) is 0 Å². The first-order valence-electron chi connectivity index (χ1n) is 4.24. The fourth-order valence-electron chi connectivity index (χ4n) is 1.02. The van der Waals surface area contributed by atoms with E-state index in [1.54, 1.807) is 12.1 Å². The van der Waals surface area contributed by atoms with Crippen LogP contribution in [0.1, 0.15) is 0 Å². The second kappa shape index (κ2) is 4.96. The van der Waals surface area contributed by atoms with E-state index < -0.39 is 6.09 Å². The fourth-order valence-corrected chi connectivity index (χ4v) is 1.02. The van der Waals surface area contributed by atoms with Crippen molar-refractivity contribution >= 4 is 17.5 Å². The van der Waals surface area contributed by atoms with Crippen LogP contribution in [-0.2, 0) is 0 Å². The lowest BCUT2D eigenvalue weighted by atomic mass is 10.3. The van der Waals surface area contributed by atoms with Gasteiger partial charge in [-0.05, 0) is 18.2 Å². The molecule has 0 saturated heterocycles. The van der Waals surface area contributed by atoms with Crippen LogP contribution in [0.15, 0.2) is 24.3 Å². The van der Waals surface area contributed by atoms with Crippen molar-refractivity contribution < 1.29 is 9.90 Å². The molecular weight excluding hydrogens is 182 g/mol. The lowest BCUT2D eigenvalue weighted by Gasteiger charge is -2.06. The second-order valence-corrected chi connectivity index (χ2v) is 2.78. The summed E-state index contributed by atoms with van der Waals surface area (Å²) in [5.41, 5.74) is 7.13. The Kier molecular flexibility index (Phi) is 3.60. The zero-order chi connectivity index (χ0) is 10.4. The van der Waals surface area contributed by atoms with Crippen LogP contribution in [0.25, 0.3) is 0 Å². The standard InChI is InChI=1S/C9H13N3O2/c10-7-2-1-3-8(6-7)11-4-5-12-9(13)14/h1-3,6,11-12H,4-5,10H2,(H,13,14). The predicted molar refractivity (Wildman–Crippen MR) is 55.4 cm³/mol. The predicted octanol–water partition coefficient (Wildman–Crippen LogP) is 0.948. The number of amides is 1. The second-order valence-electron chi connectivity index (χ2n) is 2.78. The first-order chi connectivity index (χ1) is 6.68. The van der Waals surface area contributed by atoms with E-state index >= 15 is 0 Å². The van der Waals surface area contributed by atoms with Crippen LogP contribution >= 0.6 is 0 Å². The summed E-state index contributed by atoms with van der Waals surface area (Å²) >= 11 is 0. The summed E-state index contributed by atoms with van der Waals surface area (Å²) in [7, 11) is 0. The molecule has 76 valence electrons. The van der Waals surface area contributed by atoms with Crippen LogP contribution in [-0.4, -0.2) is 24.3 Å². The van der Waals surface area contributed by atoms with Crippen LogP contribution in [0.3, 0.4) is 0 Å². The number of nitrogen functional groups attached to an aromatic ring is 1. The quantitative estimate of drug-likeness (QED) is 0.425. The van der Waals surface area contributed by atoms with Crippen LogP contribution in [0, 0.1) is 0 Å². The van der Waals surface area contributed by atoms with E-state index in [1.807, 2.05) is 12.1 Å². The van der Waals surface area contributed by atoms with Gasteiger partial charge in [-0.1, -0.05) is 6.07 Å². The molecule has 1 aromatic carbocycles. The smallest absolute Gasteiger partial charge is 0.404 e. The van der Waals surface area contributed by atoms with E-state index in [4.69, 9.17) is 10.8 Å².